The van der Waals surface area contributed by atoms with E-state index in [1.54, 1.807) is 0 Å². The Labute approximate surface area is 166 Å². The molecule has 27 heavy (non-hydrogen) atoms. The topological polar surface area (TPSA) is 55.8 Å². The lowest BCUT2D eigenvalue weighted by Crippen LogP contribution is -2.31. The predicted molar refractivity (Wildman–Crippen MR) is 110 cm³/mol. The quantitative estimate of drug-likeness (QED) is 0.195. The molecule has 0 amide bonds. The third-order valence-corrected chi connectivity index (χ3v) is 4.75. The Hall–Kier alpha value is -1.52. The van der Waals surface area contributed by atoms with Gasteiger partial charge in [-0.1, -0.05) is 78.1 Å². The second-order valence-electron chi connectivity index (χ2n) is 7.07. The summed E-state index contributed by atoms with van der Waals surface area (Å²) in [6.07, 6.45) is 15.5. The summed E-state index contributed by atoms with van der Waals surface area (Å²) in [7, 11) is 2.67. The Morgan fingerprint density at radius 1 is 0.704 bits per heavy atom. The SMILES string of the molecule is CCCCCCCCN(CCCCCCCC)/C(=C/C(=O)OC)C(=O)OC. The normalized spacial score (nSPS) is 11.3. The van der Waals surface area contributed by atoms with Crippen molar-refractivity contribution in [3.05, 3.63) is 11.8 Å². The van der Waals surface area contributed by atoms with Crippen LogP contribution >= 0.6 is 0 Å². The minimum absolute atomic E-state index is 0.312. The Morgan fingerprint density at radius 3 is 1.56 bits per heavy atom. The van der Waals surface area contributed by atoms with Crippen LogP contribution in [0.15, 0.2) is 11.8 Å². The van der Waals surface area contributed by atoms with Gasteiger partial charge in [0.25, 0.3) is 0 Å². The predicted octanol–water partition coefficient (Wildman–Crippen LogP) is 5.24. The summed E-state index contributed by atoms with van der Waals surface area (Å²) in [6, 6.07) is 0. The number of carbonyl (C=O) groups is 2. The van der Waals surface area contributed by atoms with Crippen molar-refractivity contribution in [1.29, 1.82) is 0 Å². The fourth-order valence-corrected chi connectivity index (χ4v) is 3.07. The second kappa shape index (κ2) is 17.9. The van der Waals surface area contributed by atoms with E-state index < -0.39 is 11.9 Å². The maximum atomic E-state index is 12.2. The molecule has 0 radical (unpaired) electrons. The molecule has 0 aliphatic heterocycles. The summed E-state index contributed by atoms with van der Waals surface area (Å²) in [6.45, 7) is 5.95. The van der Waals surface area contributed by atoms with Crippen LogP contribution in [-0.4, -0.2) is 44.1 Å². The monoisotopic (exact) mass is 383 g/mol. The maximum absolute atomic E-state index is 12.2. The number of ether oxygens (including phenoxy) is 2. The molecule has 0 aromatic rings. The smallest absolute Gasteiger partial charge is 0.354 e. The van der Waals surface area contributed by atoms with E-state index in [1.165, 1.54) is 71.7 Å². The van der Waals surface area contributed by atoms with E-state index >= 15 is 0 Å². The van der Waals surface area contributed by atoms with Gasteiger partial charge in [-0.3, -0.25) is 0 Å². The third kappa shape index (κ3) is 13.3. The Balaban J connectivity index is 4.76. The lowest BCUT2D eigenvalue weighted by Gasteiger charge is -2.26. The van der Waals surface area contributed by atoms with Crippen molar-refractivity contribution in [2.45, 2.75) is 90.9 Å². The van der Waals surface area contributed by atoms with Gasteiger partial charge < -0.3 is 14.4 Å². The fraction of sp³-hybridized carbons (Fsp3) is 0.818. The minimum Gasteiger partial charge on any atom is -0.466 e. The molecule has 0 bridgehead atoms. The molecule has 158 valence electrons. The highest BCUT2D eigenvalue weighted by molar-refractivity contribution is 5.95. The lowest BCUT2D eigenvalue weighted by atomic mass is 10.1. The number of unbranched alkanes of at least 4 members (excludes halogenated alkanes) is 10. The molecule has 0 unspecified atom stereocenters. The van der Waals surface area contributed by atoms with Crippen LogP contribution in [0.2, 0.25) is 0 Å². The zero-order chi connectivity index (χ0) is 20.3. The molecular weight excluding hydrogens is 342 g/mol. The first kappa shape index (κ1) is 25.5. The van der Waals surface area contributed by atoms with Crippen LogP contribution in [0, 0.1) is 0 Å². The molecule has 5 heteroatoms. The maximum Gasteiger partial charge on any atom is 0.354 e. The van der Waals surface area contributed by atoms with E-state index in [9.17, 15) is 9.59 Å². The van der Waals surface area contributed by atoms with Gasteiger partial charge in [0.15, 0.2) is 0 Å². The number of hydrogen-bond acceptors (Lipinski definition) is 5. The molecule has 0 rings (SSSR count). The molecule has 0 saturated heterocycles. The van der Waals surface area contributed by atoms with Crippen molar-refractivity contribution in [2.75, 3.05) is 27.3 Å². The van der Waals surface area contributed by atoms with Crippen LogP contribution in [0.4, 0.5) is 0 Å². The lowest BCUT2D eigenvalue weighted by molar-refractivity contribution is -0.140. The number of rotatable bonds is 17. The van der Waals surface area contributed by atoms with Gasteiger partial charge in [0.1, 0.15) is 5.70 Å². The number of methoxy groups -OCH3 is 2. The molecule has 0 aromatic carbocycles. The molecule has 0 atom stereocenters. The van der Waals surface area contributed by atoms with Crippen LogP contribution in [0.5, 0.6) is 0 Å². The first-order valence-corrected chi connectivity index (χ1v) is 10.7. The zero-order valence-electron chi connectivity index (χ0n) is 18.1. The molecule has 0 aromatic heterocycles. The fourth-order valence-electron chi connectivity index (χ4n) is 3.07. The van der Waals surface area contributed by atoms with E-state index in [4.69, 9.17) is 9.47 Å². The molecule has 0 N–H and O–H groups in total. The minimum atomic E-state index is -0.522. The van der Waals surface area contributed by atoms with Gasteiger partial charge in [0.2, 0.25) is 0 Å². The van der Waals surface area contributed by atoms with E-state index in [2.05, 4.69) is 13.8 Å². The third-order valence-electron chi connectivity index (χ3n) is 4.75. The van der Waals surface area contributed by atoms with Crippen LogP contribution in [0.1, 0.15) is 90.9 Å². The summed E-state index contributed by atoms with van der Waals surface area (Å²) < 4.78 is 9.62. The van der Waals surface area contributed by atoms with Crippen LogP contribution in [0.25, 0.3) is 0 Å². The van der Waals surface area contributed by atoms with E-state index in [0.29, 0.717) is 5.70 Å². The Bertz CT molecular complexity index is 405. The molecule has 0 aliphatic rings. The van der Waals surface area contributed by atoms with Crippen LogP contribution < -0.4 is 0 Å². The average molecular weight is 384 g/mol. The second-order valence-corrected chi connectivity index (χ2v) is 7.07. The molecule has 0 aliphatic carbocycles. The molecule has 0 heterocycles. The van der Waals surface area contributed by atoms with E-state index in [0.717, 1.165) is 38.8 Å². The summed E-state index contributed by atoms with van der Waals surface area (Å²) in [5.74, 6) is -0.997. The number of esters is 2. The highest BCUT2D eigenvalue weighted by atomic mass is 16.5. The number of carbonyl (C=O) groups excluding carboxylic acids is 2. The van der Waals surface area contributed by atoms with Gasteiger partial charge in [-0.05, 0) is 12.8 Å². The van der Waals surface area contributed by atoms with Crippen LogP contribution in [0.3, 0.4) is 0 Å². The standard InChI is InChI=1S/C22H41NO4/c1-5-7-9-11-13-15-17-23(18-16-14-12-10-8-6-2)20(22(25)27-4)19-21(24)26-3/h19H,5-18H2,1-4H3/b20-19+. The first-order valence-electron chi connectivity index (χ1n) is 10.7. The van der Waals surface area contributed by atoms with Gasteiger partial charge in [-0.15, -0.1) is 0 Å². The van der Waals surface area contributed by atoms with Gasteiger partial charge in [0.05, 0.1) is 20.3 Å². The summed E-state index contributed by atoms with van der Waals surface area (Å²) in [5, 5.41) is 0. The highest BCUT2D eigenvalue weighted by Crippen LogP contribution is 2.14. The van der Waals surface area contributed by atoms with E-state index in [1.807, 2.05) is 4.90 Å². The largest absolute Gasteiger partial charge is 0.466 e. The Morgan fingerprint density at radius 2 is 1.15 bits per heavy atom. The van der Waals surface area contributed by atoms with Crippen molar-refractivity contribution < 1.29 is 19.1 Å². The highest BCUT2D eigenvalue weighted by Gasteiger charge is 2.19. The van der Waals surface area contributed by atoms with Crippen molar-refractivity contribution in [3.8, 4) is 0 Å². The van der Waals surface area contributed by atoms with Crippen LogP contribution in [-0.2, 0) is 19.1 Å². The van der Waals surface area contributed by atoms with Crippen molar-refractivity contribution >= 4 is 11.9 Å². The zero-order valence-corrected chi connectivity index (χ0v) is 18.1. The summed E-state index contributed by atoms with van der Waals surface area (Å²) in [4.78, 5) is 25.9. The number of hydrogen-bond donors (Lipinski definition) is 0. The molecular formula is C22H41NO4. The van der Waals surface area contributed by atoms with E-state index in [-0.39, 0.29) is 0 Å². The summed E-state index contributed by atoms with van der Waals surface area (Å²) in [5.41, 5.74) is 0.312. The van der Waals surface area contributed by atoms with Gasteiger partial charge >= 0.3 is 11.9 Å². The molecule has 5 nitrogen and oxygen atoms in total. The van der Waals surface area contributed by atoms with Crippen molar-refractivity contribution in [2.24, 2.45) is 0 Å². The van der Waals surface area contributed by atoms with Crippen molar-refractivity contribution in [1.82, 2.24) is 4.90 Å². The van der Waals surface area contributed by atoms with Crippen molar-refractivity contribution in [3.63, 3.8) is 0 Å². The first-order chi connectivity index (χ1) is 13.1. The average Bonchev–Trinajstić information content (AvgIpc) is 2.69. The molecule has 0 fully saturated rings. The molecule has 0 saturated carbocycles. The number of nitrogens with zero attached hydrogens (tertiary/aromatic N) is 1. The van der Waals surface area contributed by atoms with Gasteiger partial charge in [-0.25, -0.2) is 9.59 Å². The van der Waals surface area contributed by atoms with Gasteiger partial charge in [0, 0.05) is 13.1 Å². The Kier molecular flexibility index (Phi) is 16.9. The summed E-state index contributed by atoms with van der Waals surface area (Å²) >= 11 is 0. The molecule has 0 spiro atoms. The van der Waals surface area contributed by atoms with Gasteiger partial charge in [-0.2, -0.15) is 0 Å².